The largest absolute Gasteiger partial charge is 0.488 e. The van der Waals surface area contributed by atoms with Gasteiger partial charge in [0.2, 0.25) is 0 Å². The van der Waals surface area contributed by atoms with Crippen LogP contribution < -0.4 is 29.8 Å². The predicted octanol–water partition coefficient (Wildman–Crippen LogP) is 3.87. The predicted molar refractivity (Wildman–Crippen MR) is 164 cm³/mol. The van der Waals surface area contributed by atoms with E-state index in [-0.39, 0.29) is 25.3 Å². The van der Waals surface area contributed by atoms with Crippen LogP contribution in [-0.2, 0) is 24.6 Å². The van der Waals surface area contributed by atoms with E-state index in [1.807, 2.05) is 19.1 Å². The van der Waals surface area contributed by atoms with Crippen molar-refractivity contribution in [1.29, 1.82) is 5.26 Å². The number of carboxylic acid groups (broad SMARTS) is 1. The lowest BCUT2D eigenvalue weighted by molar-refractivity contribution is -0.145. The minimum atomic E-state index is -1.56. The van der Waals surface area contributed by atoms with Crippen LogP contribution >= 0.6 is 0 Å². The molecule has 3 aromatic carbocycles. The van der Waals surface area contributed by atoms with Gasteiger partial charge in [0.25, 0.3) is 5.56 Å². The number of carbonyl (C=O) groups is 1. The molecule has 3 N–H and O–H groups in total. The van der Waals surface area contributed by atoms with Crippen molar-refractivity contribution in [2.75, 3.05) is 19.8 Å². The summed E-state index contributed by atoms with van der Waals surface area (Å²) in [5.41, 5.74) is 1.87. The van der Waals surface area contributed by atoms with Gasteiger partial charge in [0.05, 0.1) is 29.5 Å². The first kappa shape index (κ1) is 31.1. The Balaban J connectivity index is 1.39. The molecule has 1 aromatic heterocycles. The van der Waals surface area contributed by atoms with Crippen molar-refractivity contribution in [3.8, 4) is 34.8 Å². The van der Waals surface area contributed by atoms with Crippen molar-refractivity contribution in [3.63, 3.8) is 0 Å². The molecule has 0 aliphatic carbocycles. The Bertz CT molecular complexity index is 1810. The second-order valence-electron chi connectivity index (χ2n) is 10.8. The number of aryl methyl sites for hydroxylation is 1. The fourth-order valence-corrected chi connectivity index (χ4v) is 4.73. The molecule has 1 aliphatic rings. The van der Waals surface area contributed by atoms with Gasteiger partial charge in [0.15, 0.2) is 11.5 Å². The van der Waals surface area contributed by atoms with Crippen molar-refractivity contribution in [3.05, 3.63) is 111 Å². The quantitative estimate of drug-likeness (QED) is 0.215. The van der Waals surface area contributed by atoms with E-state index in [9.17, 15) is 25.1 Å². The zero-order valence-electron chi connectivity index (χ0n) is 24.9. The third-order valence-electron chi connectivity index (χ3n) is 7.48. The summed E-state index contributed by atoms with van der Waals surface area (Å²) < 4.78 is 25.1. The fourth-order valence-electron chi connectivity index (χ4n) is 4.73. The summed E-state index contributed by atoms with van der Waals surface area (Å²) in [5, 5.41) is 31.4. The topological polar surface area (TPSA) is 152 Å². The van der Waals surface area contributed by atoms with E-state index in [0.29, 0.717) is 58.6 Å². The highest BCUT2D eigenvalue weighted by Crippen LogP contribution is 2.32. The first-order valence-electron chi connectivity index (χ1n) is 14.3. The number of hydrogen-bond donors (Lipinski definition) is 3. The van der Waals surface area contributed by atoms with Crippen LogP contribution in [-0.4, -0.2) is 46.1 Å². The van der Waals surface area contributed by atoms with Crippen LogP contribution in [0.5, 0.6) is 23.0 Å². The molecule has 11 heteroatoms. The van der Waals surface area contributed by atoms with Gasteiger partial charge in [0, 0.05) is 30.4 Å². The monoisotopic (exact) mass is 611 g/mol. The molecule has 0 fully saturated rings. The zero-order chi connectivity index (χ0) is 32.0. The SMILES string of the molecule is Cc1cc(CN[C@](C)(CO)C(=O)O)c(OCc2cccc(C#N)c2)cc1OCc1cccn(-c2ccc3c(c2)OCCO3)c1=O. The molecule has 4 aromatic rings. The van der Waals surface area contributed by atoms with Gasteiger partial charge < -0.3 is 29.2 Å². The fraction of sp³-hybridized carbons (Fsp3) is 0.265. The van der Waals surface area contributed by atoms with Crippen LogP contribution in [0, 0.1) is 18.3 Å². The molecule has 2 heterocycles. The maximum absolute atomic E-state index is 13.4. The second-order valence-corrected chi connectivity index (χ2v) is 10.8. The number of hydrogen-bond acceptors (Lipinski definition) is 9. The van der Waals surface area contributed by atoms with Gasteiger partial charge in [-0.05, 0) is 67.4 Å². The Morgan fingerprint density at radius 2 is 1.78 bits per heavy atom. The number of aliphatic carboxylic acids is 1. The average Bonchev–Trinajstić information content (AvgIpc) is 3.06. The molecular weight excluding hydrogens is 578 g/mol. The number of carboxylic acids is 1. The third-order valence-corrected chi connectivity index (χ3v) is 7.48. The lowest BCUT2D eigenvalue weighted by atomic mass is 10.0. The molecule has 1 atom stereocenters. The smallest absolute Gasteiger partial charge is 0.326 e. The maximum atomic E-state index is 13.4. The molecular formula is C34H33N3O8. The Morgan fingerprint density at radius 3 is 2.53 bits per heavy atom. The normalized spacial score (nSPS) is 13.4. The van der Waals surface area contributed by atoms with E-state index < -0.39 is 18.1 Å². The first-order valence-corrected chi connectivity index (χ1v) is 14.3. The summed E-state index contributed by atoms with van der Waals surface area (Å²) in [7, 11) is 0. The van der Waals surface area contributed by atoms with Gasteiger partial charge in [0.1, 0.15) is 43.5 Å². The zero-order valence-corrected chi connectivity index (χ0v) is 24.9. The molecule has 0 bridgehead atoms. The van der Waals surface area contributed by atoms with Gasteiger partial charge in [-0.15, -0.1) is 0 Å². The Labute approximate surface area is 259 Å². The van der Waals surface area contributed by atoms with Crippen molar-refractivity contribution < 1.29 is 34.0 Å². The van der Waals surface area contributed by atoms with Crippen molar-refractivity contribution in [2.45, 2.75) is 39.1 Å². The maximum Gasteiger partial charge on any atom is 0.326 e. The van der Waals surface area contributed by atoms with Gasteiger partial charge in [-0.2, -0.15) is 5.26 Å². The summed E-state index contributed by atoms with van der Waals surface area (Å²) in [6.45, 7) is 3.73. The Hall–Kier alpha value is -5.31. The van der Waals surface area contributed by atoms with Gasteiger partial charge in [-0.25, -0.2) is 0 Å². The van der Waals surface area contributed by atoms with Crippen LogP contribution in [0.15, 0.2) is 77.7 Å². The number of benzene rings is 3. The molecule has 0 amide bonds. The molecule has 0 spiro atoms. The molecule has 0 saturated carbocycles. The van der Waals surface area contributed by atoms with E-state index in [1.54, 1.807) is 60.8 Å². The Kier molecular flexibility index (Phi) is 9.37. The number of nitrogens with one attached hydrogen (secondary N) is 1. The summed E-state index contributed by atoms with van der Waals surface area (Å²) in [6.07, 6.45) is 1.68. The van der Waals surface area contributed by atoms with E-state index in [1.165, 1.54) is 11.5 Å². The number of fused-ring (bicyclic) bond motifs is 1. The summed E-state index contributed by atoms with van der Waals surface area (Å²) in [6, 6.07) is 21.4. The number of ether oxygens (including phenoxy) is 4. The lowest BCUT2D eigenvalue weighted by Crippen LogP contribution is -2.52. The van der Waals surface area contributed by atoms with Crippen LogP contribution in [0.3, 0.4) is 0 Å². The molecule has 232 valence electrons. The van der Waals surface area contributed by atoms with Crippen LogP contribution in [0.2, 0.25) is 0 Å². The Morgan fingerprint density at radius 1 is 1.00 bits per heavy atom. The molecule has 45 heavy (non-hydrogen) atoms. The molecule has 0 radical (unpaired) electrons. The number of nitrogens with zero attached hydrogens (tertiary/aromatic N) is 2. The number of pyridine rings is 1. The number of aliphatic hydroxyl groups excluding tert-OH is 1. The highest BCUT2D eigenvalue weighted by Gasteiger charge is 2.32. The van der Waals surface area contributed by atoms with Crippen LogP contribution in [0.25, 0.3) is 5.69 Å². The molecule has 5 rings (SSSR count). The lowest BCUT2D eigenvalue weighted by Gasteiger charge is -2.25. The average molecular weight is 612 g/mol. The molecule has 0 saturated heterocycles. The van der Waals surface area contributed by atoms with Crippen molar-refractivity contribution in [1.82, 2.24) is 9.88 Å². The van der Waals surface area contributed by atoms with Crippen LogP contribution in [0.1, 0.15) is 34.7 Å². The van der Waals surface area contributed by atoms with E-state index >= 15 is 0 Å². The standard InChI is InChI=1S/C34H33N3O8/c1-22-13-26(18-36-34(2,21-38)33(40)41)30(44-19-24-6-3-5-23(14-24)17-35)16-29(22)45-20-25-7-4-10-37(32(25)39)27-8-9-28-31(15-27)43-12-11-42-28/h3-10,13-16,36,38H,11-12,18-21H2,1-2H3,(H,40,41)/t34-/m1/s1. The van der Waals surface area contributed by atoms with Crippen molar-refractivity contribution in [2.24, 2.45) is 0 Å². The van der Waals surface area contributed by atoms with Gasteiger partial charge in [-0.3, -0.25) is 19.5 Å². The van der Waals surface area contributed by atoms with E-state index in [0.717, 1.165) is 11.1 Å². The number of aliphatic hydroxyl groups is 1. The van der Waals surface area contributed by atoms with Gasteiger partial charge in [-0.1, -0.05) is 12.1 Å². The summed E-state index contributed by atoms with van der Waals surface area (Å²) in [5.74, 6) is 0.898. The van der Waals surface area contributed by atoms with Crippen molar-refractivity contribution >= 4 is 5.97 Å². The summed E-state index contributed by atoms with van der Waals surface area (Å²) in [4.78, 5) is 25.2. The minimum absolute atomic E-state index is 0.0199. The highest BCUT2D eigenvalue weighted by atomic mass is 16.6. The third kappa shape index (κ3) is 7.09. The van der Waals surface area contributed by atoms with Crippen LogP contribution in [0.4, 0.5) is 0 Å². The molecule has 11 nitrogen and oxygen atoms in total. The number of aromatic nitrogens is 1. The molecule has 0 unspecified atom stereocenters. The highest BCUT2D eigenvalue weighted by molar-refractivity contribution is 5.78. The second kappa shape index (κ2) is 13.5. The first-order chi connectivity index (χ1) is 21.7. The molecule has 1 aliphatic heterocycles. The number of nitriles is 1. The van der Waals surface area contributed by atoms with E-state index in [2.05, 4.69) is 11.4 Å². The van der Waals surface area contributed by atoms with E-state index in [4.69, 9.17) is 18.9 Å². The van der Waals surface area contributed by atoms with Gasteiger partial charge >= 0.3 is 5.97 Å². The minimum Gasteiger partial charge on any atom is -0.488 e. The number of rotatable bonds is 12. The summed E-state index contributed by atoms with van der Waals surface area (Å²) >= 11 is 0.